The van der Waals surface area contributed by atoms with Gasteiger partial charge in [0.2, 0.25) is 10.0 Å². The Kier molecular flexibility index (Phi) is 3.67. The third kappa shape index (κ3) is 2.65. The van der Waals surface area contributed by atoms with Crippen molar-refractivity contribution in [3.05, 3.63) is 59.7 Å². The first kappa shape index (κ1) is 14.1. The van der Waals surface area contributed by atoms with E-state index in [-0.39, 0.29) is 0 Å². The highest BCUT2D eigenvalue weighted by molar-refractivity contribution is 7.89. The Labute approximate surface area is 124 Å². The molecule has 1 heterocycles. The van der Waals surface area contributed by atoms with Crippen LogP contribution in [0.25, 0.3) is 0 Å². The van der Waals surface area contributed by atoms with E-state index in [0.717, 1.165) is 12.0 Å². The van der Waals surface area contributed by atoms with E-state index in [0.29, 0.717) is 23.7 Å². The van der Waals surface area contributed by atoms with E-state index in [4.69, 9.17) is 5.84 Å². The minimum absolute atomic E-state index is 0.292. The van der Waals surface area contributed by atoms with Gasteiger partial charge >= 0.3 is 0 Å². The molecular formula is C15H17N3O2S. The molecule has 2 aromatic rings. The molecule has 0 amide bonds. The SMILES string of the molecule is NNc1ccc(S(=O)(=O)N2CCc3ccccc3C2)cc1. The summed E-state index contributed by atoms with van der Waals surface area (Å²) in [5, 5.41) is 0. The second-order valence-corrected chi connectivity index (χ2v) is 6.96. The fraction of sp³-hybridized carbons (Fsp3) is 0.200. The minimum atomic E-state index is -3.46. The van der Waals surface area contributed by atoms with Gasteiger partial charge in [-0.2, -0.15) is 4.31 Å². The summed E-state index contributed by atoms with van der Waals surface area (Å²) in [7, 11) is -3.46. The van der Waals surface area contributed by atoms with Crippen molar-refractivity contribution in [2.24, 2.45) is 5.84 Å². The van der Waals surface area contributed by atoms with Crippen LogP contribution >= 0.6 is 0 Å². The van der Waals surface area contributed by atoms with Gasteiger partial charge in [-0.05, 0) is 41.8 Å². The van der Waals surface area contributed by atoms with Gasteiger partial charge in [-0.25, -0.2) is 8.42 Å². The third-order valence-electron chi connectivity index (χ3n) is 3.75. The van der Waals surface area contributed by atoms with Crippen molar-refractivity contribution < 1.29 is 8.42 Å². The zero-order chi connectivity index (χ0) is 14.9. The van der Waals surface area contributed by atoms with Crippen LogP contribution in [0.5, 0.6) is 0 Å². The Morgan fingerprint density at radius 2 is 1.67 bits per heavy atom. The van der Waals surface area contributed by atoms with Gasteiger partial charge in [0.25, 0.3) is 0 Å². The molecule has 0 aromatic heterocycles. The summed E-state index contributed by atoms with van der Waals surface area (Å²) in [6.07, 6.45) is 0.748. The molecule has 3 rings (SSSR count). The largest absolute Gasteiger partial charge is 0.324 e. The van der Waals surface area contributed by atoms with Crippen LogP contribution in [0, 0.1) is 0 Å². The Bertz CT molecular complexity index is 742. The van der Waals surface area contributed by atoms with Crippen molar-refractivity contribution in [3.8, 4) is 0 Å². The van der Waals surface area contributed by atoms with Gasteiger partial charge in [-0.3, -0.25) is 5.84 Å². The molecule has 0 saturated heterocycles. The van der Waals surface area contributed by atoms with Crippen molar-refractivity contribution >= 4 is 15.7 Å². The standard InChI is InChI=1S/C15H17N3O2S/c16-17-14-5-7-15(8-6-14)21(19,20)18-10-9-12-3-1-2-4-13(12)11-18/h1-8,17H,9-11,16H2. The number of anilines is 1. The number of hydrazine groups is 1. The summed E-state index contributed by atoms with van der Waals surface area (Å²) in [5.74, 6) is 5.29. The second kappa shape index (κ2) is 5.48. The Hall–Kier alpha value is -1.89. The van der Waals surface area contributed by atoms with E-state index < -0.39 is 10.0 Å². The van der Waals surface area contributed by atoms with E-state index in [2.05, 4.69) is 11.5 Å². The Balaban J connectivity index is 1.89. The van der Waals surface area contributed by atoms with Crippen LogP contribution in [0.4, 0.5) is 5.69 Å². The molecule has 0 aliphatic carbocycles. The molecule has 1 aliphatic rings. The van der Waals surface area contributed by atoms with Crippen molar-refractivity contribution in [1.82, 2.24) is 4.31 Å². The Morgan fingerprint density at radius 1 is 1.00 bits per heavy atom. The number of sulfonamides is 1. The number of hydrogen-bond donors (Lipinski definition) is 2. The van der Waals surface area contributed by atoms with Crippen molar-refractivity contribution in [2.45, 2.75) is 17.9 Å². The van der Waals surface area contributed by atoms with Crippen LogP contribution in [0.1, 0.15) is 11.1 Å². The lowest BCUT2D eigenvalue weighted by molar-refractivity contribution is 0.391. The van der Waals surface area contributed by atoms with Gasteiger partial charge in [-0.15, -0.1) is 0 Å². The van der Waals surface area contributed by atoms with Crippen LogP contribution in [0.2, 0.25) is 0 Å². The number of nitrogens with zero attached hydrogens (tertiary/aromatic N) is 1. The monoisotopic (exact) mass is 303 g/mol. The summed E-state index contributed by atoms with van der Waals surface area (Å²) in [5.41, 5.74) is 5.47. The number of hydrogen-bond acceptors (Lipinski definition) is 4. The lowest BCUT2D eigenvalue weighted by Gasteiger charge is -2.28. The summed E-state index contributed by atoms with van der Waals surface area (Å²) in [4.78, 5) is 0.292. The van der Waals surface area contributed by atoms with Gasteiger partial charge in [-0.1, -0.05) is 24.3 Å². The fourth-order valence-corrected chi connectivity index (χ4v) is 3.97. The van der Waals surface area contributed by atoms with E-state index in [9.17, 15) is 8.42 Å². The number of nitrogen functional groups attached to an aromatic ring is 1. The normalized spacial score (nSPS) is 15.5. The molecule has 0 saturated carbocycles. The van der Waals surface area contributed by atoms with Gasteiger partial charge in [0.05, 0.1) is 4.90 Å². The van der Waals surface area contributed by atoms with E-state index in [1.54, 1.807) is 24.3 Å². The average molecular weight is 303 g/mol. The molecule has 0 unspecified atom stereocenters. The maximum Gasteiger partial charge on any atom is 0.243 e. The molecule has 0 bridgehead atoms. The van der Waals surface area contributed by atoms with Gasteiger partial charge in [0, 0.05) is 18.8 Å². The molecule has 3 N–H and O–H groups in total. The molecule has 5 nitrogen and oxygen atoms in total. The van der Waals surface area contributed by atoms with E-state index in [1.807, 2.05) is 18.2 Å². The molecule has 21 heavy (non-hydrogen) atoms. The van der Waals surface area contributed by atoms with Crippen molar-refractivity contribution in [1.29, 1.82) is 0 Å². The topological polar surface area (TPSA) is 75.4 Å². The predicted octanol–water partition coefficient (Wildman–Crippen LogP) is 1.72. The summed E-state index contributed by atoms with van der Waals surface area (Å²) >= 11 is 0. The van der Waals surface area contributed by atoms with Gasteiger partial charge < -0.3 is 5.43 Å². The van der Waals surface area contributed by atoms with Crippen LogP contribution < -0.4 is 11.3 Å². The van der Waals surface area contributed by atoms with Crippen LogP contribution in [0.3, 0.4) is 0 Å². The summed E-state index contributed by atoms with van der Waals surface area (Å²) in [6.45, 7) is 0.936. The fourth-order valence-electron chi connectivity index (χ4n) is 2.55. The molecular weight excluding hydrogens is 286 g/mol. The van der Waals surface area contributed by atoms with Crippen molar-refractivity contribution in [2.75, 3.05) is 12.0 Å². The smallest absolute Gasteiger partial charge is 0.243 e. The number of nitrogens with one attached hydrogen (secondary N) is 1. The van der Waals surface area contributed by atoms with Crippen molar-refractivity contribution in [3.63, 3.8) is 0 Å². The summed E-state index contributed by atoms with van der Waals surface area (Å²) in [6, 6.07) is 14.4. The molecule has 0 radical (unpaired) electrons. The molecule has 0 atom stereocenters. The second-order valence-electron chi connectivity index (χ2n) is 5.03. The van der Waals surface area contributed by atoms with Crippen LogP contribution in [0.15, 0.2) is 53.4 Å². The van der Waals surface area contributed by atoms with Crippen LogP contribution in [-0.2, 0) is 23.0 Å². The zero-order valence-electron chi connectivity index (χ0n) is 11.5. The van der Waals surface area contributed by atoms with Crippen LogP contribution in [-0.4, -0.2) is 19.3 Å². The lowest BCUT2D eigenvalue weighted by atomic mass is 10.0. The molecule has 0 spiro atoms. The highest BCUT2D eigenvalue weighted by Gasteiger charge is 2.27. The van der Waals surface area contributed by atoms with E-state index in [1.165, 1.54) is 9.87 Å². The summed E-state index contributed by atoms with van der Waals surface area (Å²) < 4.78 is 26.9. The molecule has 6 heteroatoms. The first-order chi connectivity index (χ1) is 10.1. The number of fused-ring (bicyclic) bond motifs is 1. The predicted molar refractivity (Wildman–Crippen MR) is 82.0 cm³/mol. The number of nitrogens with two attached hydrogens (primary N) is 1. The lowest BCUT2D eigenvalue weighted by Crippen LogP contribution is -2.35. The number of benzene rings is 2. The molecule has 110 valence electrons. The third-order valence-corrected chi connectivity index (χ3v) is 5.61. The molecule has 1 aliphatic heterocycles. The van der Waals surface area contributed by atoms with E-state index >= 15 is 0 Å². The van der Waals surface area contributed by atoms with Gasteiger partial charge in [0.15, 0.2) is 0 Å². The first-order valence-electron chi connectivity index (χ1n) is 6.75. The number of rotatable bonds is 3. The Morgan fingerprint density at radius 3 is 2.33 bits per heavy atom. The highest BCUT2D eigenvalue weighted by atomic mass is 32.2. The maximum absolute atomic E-state index is 12.7. The van der Waals surface area contributed by atoms with Gasteiger partial charge in [0.1, 0.15) is 0 Å². The average Bonchev–Trinajstić information content (AvgIpc) is 2.54. The zero-order valence-corrected chi connectivity index (χ0v) is 12.3. The highest BCUT2D eigenvalue weighted by Crippen LogP contribution is 2.25. The molecule has 0 fully saturated rings. The maximum atomic E-state index is 12.7. The minimum Gasteiger partial charge on any atom is -0.324 e. The molecule has 2 aromatic carbocycles. The first-order valence-corrected chi connectivity index (χ1v) is 8.19. The quantitative estimate of drug-likeness (QED) is 0.669.